The number of benzene rings is 3. The van der Waals surface area contributed by atoms with Crippen LogP contribution in [0.2, 0.25) is 0 Å². The first-order chi connectivity index (χ1) is 15.4. The number of ether oxygens (including phenoxy) is 1. The predicted octanol–water partition coefficient (Wildman–Crippen LogP) is 5.54. The van der Waals surface area contributed by atoms with E-state index in [4.69, 9.17) is 4.74 Å². The van der Waals surface area contributed by atoms with Crippen LogP contribution < -0.4 is 9.64 Å². The number of carbonyl (C=O) groups excluding carboxylic acids is 1. The van der Waals surface area contributed by atoms with Crippen molar-refractivity contribution in [1.29, 1.82) is 0 Å². The molecular weight excluding hydrogens is 404 g/mol. The van der Waals surface area contributed by atoms with Crippen molar-refractivity contribution in [3.05, 3.63) is 112 Å². The van der Waals surface area contributed by atoms with E-state index in [1.807, 2.05) is 73.6 Å². The smallest absolute Gasteiger partial charge is 0.270 e. The highest BCUT2D eigenvalue weighted by atomic mass is 16.6. The largest absolute Gasteiger partial charge is 0.488 e. The molecule has 0 atom stereocenters. The zero-order valence-electron chi connectivity index (χ0n) is 18.0. The number of ketones is 1. The van der Waals surface area contributed by atoms with Crippen molar-refractivity contribution in [3.8, 4) is 5.75 Å². The highest BCUT2D eigenvalue weighted by Crippen LogP contribution is 2.26. The fourth-order valence-electron chi connectivity index (χ4n) is 2.94. The van der Waals surface area contributed by atoms with Gasteiger partial charge in [0.1, 0.15) is 12.4 Å². The Hall–Kier alpha value is -4.19. The molecule has 3 rings (SSSR count). The Bertz CT molecular complexity index is 1130. The normalized spacial score (nSPS) is 11.1. The second-order valence-corrected chi connectivity index (χ2v) is 7.31. The molecule has 0 aliphatic rings. The van der Waals surface area contributed by atoms with E-state index < -0.39 is 4.92 Å². The van der Waals surface area contributed by atoms with Crippen LogP contribution >= 0.6 is 0 Å². The van der Waals surface area contributed by atoms with E-state index >= 15 is 0 Å². The van der Waals surface area contributed by atoms with Crippen LogP contribution in [0.1, 0.15) is 16.7 Å². The van der Waals surface area contributed by atoms with Crippen LogP contribution in [0.3, 0.4) is 0 Å². The first-order valence-electron chi connectivity index (χ1n) is 10.0. The minimum absolute atomic E-state index is 0.0688. The molecule has 0 unspecified atom stereocenters. The van der Waals surface area contributed by atoms with Crippen LogP contribution in [-0.4, -0.2) is 24.8 Å². The van der Waals surface area contributed by atoms with Gasteiger partial charge in [0, 0.05) is 37.5 Å². The lowest BCUT2D eigenvalue weighted by Gasteiger charge is -2.11. The van der Waals surface area contributed by atoms with Gasteiger partial charge in [-0.1, -0.05) is 48.5 Å². The van der Waals surface area contributed by atoms with Crippen LogP contribution in [0.4, 0.5) is 11.4 Å². The number of anilines is 1. The van der Waals surface area contributed by atoms with E-state index in [1.165, 1.54) is 30.4 Å². The number of hydrogen-bond donors (Lipinski definition) is 0. The van der Waals surface area contributed by atoms with Crippen molar-refractivity contribution >= 4 is 29.3 Å². The van der Waals surface area contributed by atoms with Gasteiger partial charge in [-0.05, 0) is 47.6 Å². The maximum Gasteiger partial charge on any atom is 0.270 e. The van der Waals surface area contributed by atoms with Gasteiger partial charge < -0.3 is 9.64 Å². The summed E-state index contributed by atoms with van der Waals surface area (Å²) >= 11 is 0. The molecule has 0 heterocycles. The number of hydrogen-bond acceptors (Lipinski definition) is 5. The van der Waals surface area contributed by atoms with E-state index in [9.17, 15) is 14.9 Å². The molecule has 0 aliphatic heterocycles. The summed E-state index contributed by atoms with van der Waals surface area (Å²) < 4.78 is 5.84. The standard InChI is InChI=1S/C26H24N2O4/c1-27(2)23-12-8-20(9-13-23)10-15-25(29)16-11-22-18-24(28(30)31)14-17-26(22)32-19-21-6-4-3-5-7-21/h3-18H,19H2,1-2H3/b15-10+,16-11+. The lowest BCUT2D eigenvalue weighted by molar-refractivity contribution is -0.384. The van der Waals surface area contributed by atoms with Gasteiger partial charge in [0.2, 0.25) is 0 Å². The van der Waals surface area contributed by atoms with Crippen molar-refractivity contribution in [1.82, 2.24) is 0 Å². The maximum atomic E-state index is 12.3. The molecule has 3 aromatic rings. The summed E-state index contributed by atoms with van der Waals surface area (Å²) in [6.45, 7) is 0.316. The molecule has 0 N–H and O–H groups in total. The molecule has 0 fully saturated rings. The van der Waals surface area contributed by atoms with E-state index in [0.29, 0.717) is 17.9 Å². The third-order valence-corrected chi connectivity index (χ3v) is 4.72. The van der Waals surface area contributed by atoms with Gasteiger partial charge in [-0.3, -0.25) is 14.9 Å². The topological polar surface area (TPSA) is 72.7 Å². The van der Waals surface area contributed by atoms with Gasteiger partial charge in [-0.15, -0.1) is 0 Å². The SMILES string of the molecule is CN(C)c1ccc(/C=C/C(=O)/C=C/c2cc([N+](=O)[O-])ccc2OCc2ccccc2)cc1. The molecule has 0 amide bonds. The Morgan fingerprint density at radius 1 is 0.969 bits per heavy atom. The van der Waals surface area contributed by atoms with E-state index in [2.05, 4.69) is 0 Å². The molecule has 6 heteroatoms. The average Bonchev–Trinajstić information content (AvgIpc) is 2.81. The molecule has 0 aliphatic carbocycles. The van der Waals surface area contributed by atoms with Crippen molar-refractivity contribution in [2.24, 2.45) is 0 Å². The Morgan fingerprint density at radius 3 is 2.31 bits per heavy atom. The Kier molecular flexibility index (Phi) is 7.54. The summed E-state index contributed by atoms with van der Waals surface area (Å²) in [5.74, 6) is 0.231. The Morgan fingerprint density at radius 2 is 1.66 bits per heavy atom. The molecule has 0 aromatic heterocycles. The molecule has 162 valence electrons. The number of carbonyl (C=O) groups is 1. The molecule has 32 heavy (non-hydrogen) atoms. The van der Waals surface area contributed by atoms with Crippen molar-refractivity contribution in [2.75, 3.05) is 19.0 Å². The predicted molar refractivity (Wildman–Crippen MR) is 128 cm³/mol. The highest BCUT2D eigenvalue weighted by Gasteiger charge is 2.10. The zero-order chi connectivity index (χ0) is 22.9. The maximum absolute atomic E-state index is 12.3. The van der Waals surface area contributed by atoms with Crippen molar-refractivity contribution in [3.63, 3.8) is 0 Å². The summed E-state index contributed by atoms with van der Waals surface area (Å²) in [6.07, 6.45) is 6.10. The molecule has 0 spiro atoms. The molecule has 0 radical (unpaired) electrons. The van der Waals surface area contributed by atoms with E-state index in [-0.39, 0.29) is 11.5 Å². The molecular formula is C26H24N2O4. The van der Waals surface area contributed by atoms with Crippen LogP contribution in [0.5, 0.6) is 5.75 Å². The third-order valence-electron chi connectivity index (χ3n) is 4.72. The lowest BCUT2D eigenvalue weighted by atomic mass is 10.1. The van der Waals surface area contributed by atoms with Gasteiger partial charge in [-0.25, -0.2) is 0 Å². The Labute approximate surface area is 187 Å². The summed E-state index contributed by atoms with van der Waals surface area (Å²) in [5.41, 5.74) is 3.34. The van der Waals surface area contributed by atoms with Crippen LogP contribution in [0, 0.1) is 10.1 Å². The second-order valence-electron chi connectivity index (χ2n) is 7.31. The van der Waals surface area contributed by atoms with E-state index in [0.717, 1.165) is 16.8 Å². The molecule has 0 saturated carbocycles. The summed E-state index contributed by atoms with van der Waals surface area (Å²) in [6, 6.07) is 21.7. The molecule has 0 bridgehead atoms. The first-order valence-corrected chi connectivity index (χ1v) is 10.0. The monoisotopic (exact) mass is 428 g/mol. The van der Waals surface area contributed by atoms with Crippen LogP contribution in [0.15, 0.2) is 84.9 Å². The fourth-order valence-corrected chi connectivity index (χ4v) is 2.94. The van der Waals surface area contributed by atoms with Crippen LogP contribution in [0.25, 0.3) is 12.2 Å². The number of nitrogens with zero attached hydrogens (tertiary/aromatic N) is 2. The summed E-state index contributed by atoms with van der Waals surface area (Å²) in [4.78, 5) is 25.0. The van der Waals surface area contributed by atoms with Crippen LogP contribution in [-0.2, 0) is 11.4 Å². The number of non-ortho nitro benzene ring substituents is 1. The molecule has 6 nitrogen and oxygen atoms in total. The number of nitro groups is 1. The minimum Gasteiger partial charge on any atom is -0.488 e. The highest BCUT2D eigenvalue weighted by molar-refractivity contribution is 6.04. The first kappa shape index (κ1) is 22.5. The van der Waals surface area contributed by atoms with Gasteiger partial charge in [0.05, 0.1) is 4.92 Å². The van der Waals surface area contributed by atoms with Gasteiger partial charge >= 0.3 is 0 Å². The fraction of sp³-hybridized carbons (Fsp3) is 0.115. The van der Waals surface area contributed by atoms with Gasteiger partial charge in [0.25, 0.3) is 5.69 Å². The quantitative estimate of drug-likeness (QED) is 0.254. The average molecular weight is 428 g/mol. The van der Waals surface area contributed by atoms with E-state index in [1.54, 1.807) is 12.1 Å². The number of allylic oxidation sites excluding steroid dienone is 2. The Balaban J connectivity index is 1.73. The summed E-state index contributed by atoms with van der Waals surface area (Å²) in [5, 5.41) is 11.2. The molecule has 0 saturated heterocycles. The number of nitro benzene ring substituents is 1. The zero-order valence-corrected chi connectivity index (χ0v) is 18.0. The third kappa shape index (κ3) is 6.40. The second kappa shape index (κ2) is 10.7. The summed E-state index contributed by atoms with van der Waals surface area (Å²) in [7, 11) is 3.93. The van der Waals surface area contributed by atoms with Gasteiger partial charge in [0.15, 0.2) is 5.78 Å². The number of rotatable bonds is 9. The minimum atomic E-state index is -0.475. The van der Waals surface area contributed by atoms with Crippen molar-refractivity contribution < 1.29 is 14.5 Å². The van der Waals surface area contributed by atoms with Gasteiger partial charge in [-0.2, -0.15) is 0 Å². The van der Waals surface area contributed by atoms with Crippen molar-refractivity contribution in [2.45, 2.75) is 6.61 Å². The molecule has 3 aromatic carbocycles. The lowest BCUT2D eigenvalue weighted by Crippen LogP contribution is -2.07.